The summed E-state index contributed by atoms with van der Waals surface area (Å²) in [5, 5.41) is 11.0. The molecule has 1 saturated heterocycles. The monoisotopic (exact) mass is 480 g/mol. The first-order valence-electron chi connectivity index (χ1n) is 9.83. The minimum atomic E-state index is -1.12. The van der Waals surface area contributed by atoms with E-state index in [0.717, 1.165) is 0 Å². The number of aliphatic hydroxyl groups is 1. The van der Waals surface area contributed by atoms with Gasteiger partial charge < -0.3 is 19.3 Å². The molecule has 0 aliphatic carbocycles. The Balaban J connectivity index is 1.73. The molecule has 0 bridgehead atoms. The molecule has 1 fully saturated rings. The van der Waals surface area contributed by atoms with Gasteiger partial charge in [-0.3, -0.25) is 4.79 Å². The van der Waals surface area contributed by atoms with Crippen molar-refractivity contribution in [3.8, 4) is 11.1 Å². The average molecular weight is 481 g/mol. The van der Waals surface area contributed by atoms with E-state index in [2.05, 4.69) is 15.9 Å². The summed E-state index contributed by atoms with van der Waals surface area (Å²) in [5.74, 6) is -0.413. The third-order valence-electron chi connectivity index (χ3n) is 5.05. The summed E-state index contributed by atoms with van der Waals surface area (Å²) in [6.07, 6.45) is 1.82. The minimum absolute atomic E-state index is 0.0874. The maximum absolute atomic E-state index is 14.1. The van der Waals surface area contributed by atoms with Gasteiger partial charge in [-0.25, -0.2) is 9.18 Å². The summed E-state index contributed by atoms with van der Waals surface area (Å²) in [6.45, 7) is 6.19. The summed E-state index contributed by atoms with van der Waals surface area (Å²) < 4.78 is 21.5. The van der Waals surface area contributed by atoms with Crippen LogP contribution in [0.25, 0.3) is 11.1 Å². The standard InChI is InChI=1S/C22H26BrFN2O4/c1-21(2,3)30-20(28)25-10-8-22(29,9-11-25)14-26-13-17(23)16(12-19(26)27)15-6-4-5-7-18(15)24/h4-7,12-13,29H,8-11,14H2,1-3H3. The van der Waals surface area contributed by atoms with E-state index < -0.39 is 23.1 Å². The molecule has 1 N–H and O–H groups in total. The Labute approximate surface area is 183 Å². The number of hydrogen-bond donors (Lipinski definition) is 1. The van der Waals surface area contributed by atoms with Gasteiger partial charge in [0.05, 0.1) is 12.1 Å². The van der Waals surface area contributed by atoms with Crippen molar-refractivity contribution in [2.45, 2.75) is 51.4 Å². The first-order chi connectivity index (χ1) is 14.0. The van der Waals surface area contributed by atoms with Crippen LogP contribution in [0.5, 0.6) is 0 Å². The van der Waals surface area contributed by atoms with Crippen LogP contribution < -0.4 is 5.56 Å². The van der Waals surface area contributed by atoms with Gasteiger partial charge in [-0.1, -0.05) is 18.2 Å². The van der Waals surface area contributed by atoms with Gasteiger partial charge in [-0.2, -0.15) is 0 Å². The molecule has 1 aliphatic heterocycles. The molecule has 1 amide bonds. The van der Waals surface area contributed by atoms with Crippen LogP contribution in [0.3, 0.4) is 0 Å². The predicted octanol–water partition coefficient (Wildman–Crippen LogP) is 4.18. The molecule has 2 aromatic rings. The van der Waals surface area contributed by atoms with Crippen LogP contribution in [-0.4, -0.2) is 45.0 Å². The van der Waals surface area contributed by atoms with Gasteiger partial charge in [0.2, 0.25) is 0 Å². The van der Waals surface area contributed by atoms with E-state index in [9.17, 15) is 19.1 Å². The molecule has 2 heterocycles. The van der Waals surface area contributed by atoms with Crippen molar-refractivity contribution in [3.63, 3.8) is 0 Å². The number of pyridine rings is 1. The van der Waals surface area contributed by atoms with Gasteiger partial charge in [0.25, 0.3) is 5.56 Å². The van der Waals surface area contributed by atoms with Crippen molar-refractivity contribution >= 4 is 22.0 Å². The van der Waals surface area contributed by atoms with Crippen molar-refractivity contribution in [2.75, 3.05) is 13.1 Å². The number of piperidine rings is 1. The lowest BCUT2D eigenvalue weighted by atomic mass is 9.91. The molecule has 1 aromatic heterocycles. The largest absolute Gasteiger partial charge is 0.444 e. The molecular weight excluding hydrogens is 455 g/mol. The predicted molar refractivity (Wildman–Crippen MR) is 116 cm³/mol. The van der Waals surface area contributed by atoms with Gasteiger partial charge >= 0.3 is 6.09 Å². The lowest BCUT2D eigenvalue weighted by Crippen LogP contribution is -2.50. The molecule has 0 unspecified atom stereocenters. The highest BCUT2D eigenvalue weighted by molar-refractivity contribution is 9.10. The summed E-state index contributed by atoms with van der Waals surface area (Å²) in [6, 6.07) is 7.61. The number of rotatable bonds is 3. The normalized spacial score (nSPS) is 16.4. The van der Waals surface area contributed by atoms with Crippen LogP contribution in [0.4, 0.5) is 9.18 Å². The number of hydrogen-bond acceptors (Lipinski definition) is 4. The fourth-order valence-electron chi connectivity index (χ4n) is 3.46. The maximum atomic E-state index is 14.1. The first kappa shape index (κ1) is 22.5. The van der Waals surface area contributed by atoms with E-state index in [-0.39, 0.29) is 12.1 Å². The van der Waals surface area contributed by atoms with Gasteiger partial charge in [-0.15, -0.1) is 0 Å². The van der Waals surface area contributed by atoms with Crippen LogP contribution in [0, 0.1) is 5.82 Å². The molecule has 3 rings (SSSR count). The topological polar surface area (TPSA) is 71.8 Å². The number of likely N-dealkylation sites (tertiary alicyclic amines) is 1. The Bertz CT molecular complexity index is 991. The fourth-order valence-corrected chi connectivity index (χ4v) is 4.04. The maximum Gasteiger partial charge on any atom is 0.410 e. The lowest BCUT2D eigenvalue weighted by molar-refractivity contribution is -0.0419. The van der Waals surface area contributed by atoms with Crippen molar-refractivity contribution in [1.29, 1.82) is 0 Å². The number of carbonyl (C=O) groups excluding carboxylic acids is 1. The number of carbonyl (C=O) groups is 1. The van der Waals surface area contributed by atoms with Gasteiger partial charge in [0.1, 0.15) is 11.4 Å². The molecule has 30 heavy (non-hydrogen) atoms. The number of amides is 1. The van der Waals surface area contributed by atoms with E-state index in [1.807, 2.05) is 0 Å². The highest BCUT2D eigenvalue weighted by Crippen LogP contribution is 2.30. The van der Waals surface area contributed by atoms with Crippen molar-refractivity contribution in [2.24, 2.45) is 0 Å². The zero-order valence-electron chi connectivity index (χ0n) is 17.3. The van der Waals surface area contributed by atoms with Crippen molar-refractivity contribution in [1.82, 2.24) is 9.47 Å². The van der Waals surface area contributed by atoms with Crippen molar-refractivity contribution in [3.05, 3.63) is 57.2 Å². The van der Waals surface area contributed by atoms with Crippen molar-refractivity contribution < 1.29 is 19.0 Å². The SMILES string of the molecule is CC(C)(C)OC(=O)N1CCC(O)(Cn2cc(Br)c(-c3ccccc3F)cc2=O)CC1. The lowest BCUT2D eigenvalue weighted by Gasteiger charge is -2.38. The minimum Gasteiger partial charge on any atom is -0.444 e. The van der Waals surface area contributed by atoms with Gasteiger partial charge in [-0.05, 0) is 55.6 Å². The molecule has 1 aliphatic rings. The zero-order chi connectivity index (χ0) is 22.1. The second-order valence-corrected chi connectivity index (χ2v) is 9.53. The molecule has 6 nitrogen and oxygen atoms in total. The molecule has 8 heteroatoms. The number of ether oxygens (including phenoxy) is 1. The molecule has 0 spiro atoms. The van der Waals surface area contributed by atoms with E-state index in [1.165, 1.54) is 16.7 Å². The average Bonchev–Trinajstić information content (AvgIpc) is 2.64. The highest BCUT2D eigenvalue weighted by atomic mass is 79.9. The smallest absolute Gasteiger partial charge is 0.410 e. The number of aromatic nitrogens is 1. The zero-order valence-corrected chi connectivity index (χ0v) is 18.9. The summed E-state index contributed by atoms with van der Waals surface area (Å²) >= 11 is 3.41. The van der Waals surface area contributed by atoms with E-state index >= 15 is 0 Å². The van der Waals surface area contributed by atoms with Crippen LogP contribution in [0.15, 0.2) is 45.8 Å². The Morgan fingerprint density at radius 2 is 1.87 bits per heavy atom. The van der Waals surface area contributed by atoms with E-state index in [4.69, 9.17) is 4.74 Å². The molecule has 0 atom stereocenters. The summed E-state index contributed by atoms with van der Waals surface area (Å²) in [4.78, 5) is 26.4. The van der Waals surface area contributed by atoms with Crippen LogP contribution >= 0.6 is 15.9 Å². The third-order valence-corrected chi connectivity index (χ3v) is 5.68. The van der Waals surface area contributed by atoms with Gasteiger partial charge in [0.15, 0.2) is 0 Å². The highest BCUT2D eigenvalue weighted by Gasteiger charge is 2.36. The summed E-state index contributed by atoms with van der Waals surface area (Å²) in [5.41, 5.74) is -1.25. The fraction of sp³-hybridized carbons (Fsp3) is 0.455. The summed E-state index contributed by atoms with van der Waals surface area (Å²) in [7, 11) is 0. The first-order valence-corrected chi connectivity index (χ1v) is 10.6. The third kappa shape index (κ3) is 5.29. The number of benzene rings is 1. The van der Waals surface area contributed by atoms with E-state index in [0.29, 0.717) is 41.5 Å². The quantitative estimate of drug-likeness (QED) is 0.714. The molecule has 162 valence electrons. The second kappa shape index (κ2) is 8.51. The van der Waals surface area contributed by atoms with Crippen LogP contribution in [0.2, 0.25) is 0 Å². The van der Waals surface area contributed by atoms with Crippen LogP contribution in [-0.2, 0) is 11.3 Å². The van der Waals surface area contributed by atoms with Crippen LogP contribution in [0.1, 0.15) is 33.6 Å². The second-order valence-electron chi connectivity index (χ2n) is 8.67. The Morgan fingerprint density at radius 1 is 1.23 bits per heavy atom. The Kier molecular flexibility index (Phi) is 6.38. The molecule has 1 aromatic carbocycles. The number of halogens is 2. The molecule has 0 saturated carbocycles. The Hall–Kier alpha value is -2.19. The van der Waals surface area contributed by atoms with E-state index in [1.54, 1.807) is 50.1 Å². The molecular formula is C22H26BrFN2O4. The molecule has 0 radical (unpaired) electrons. The number of nitrogens with zero attached hydrogens (tertiary/aromatic N) is 2. The van der Waals surface area contributed by atoms with Gasteiger partial charge in [0, 0.05) is 41.0 Å². The Morgan fingerprint density at radius 3 is 2.47 bits per heavy atom.